The normalized spacial score (nSPS) is 24.5. The van der Waals surface area contributed by atoms with E-state index in [2.05, 4.69) is 6.08 Å². The molecule has 1 unspecified atom stereocenters. The van der Waals surface area contributed by atoms with Crippen molar-refractivity contribution in [2.24, 2.45) is 5.41 Å². The van der Waals surface area contributed by atoms with Gasteiger partial charge in [-0.1, -0.05) is 17.7 Å². The number of hydrogen-bond donors (Lipinski definition) is 0. The van der Waals surface area contributed by atoms with E-state index >= 15 is 0 Å². The zero-order valence-electron chi connectivity index (χ0n) is 12.8. The minimum absolute atomic E-state index is 0.238. The molecule has 2 aliphatic rings. The molecule has 1 aromatic rings. The molecular weight excluding hydrogens is 264 g/mol. The van der Waals surface area contributed by atoms with Crippen LogP contribution in [-0.4, -0.2) is 20.0 Å². The van der Waals surface area contributed by atoms with Crippen molar-refractivity contribution < 1.29 is 14.3 Å². The third kappa shape index (κ3) is 2.35. The van der Waals surface area contributed by atoms with Crippen LogP contribution in [-0.2, 0) is 11.2 Å². The fraction of sp³-hybridized carbons (Fsp3) is 0.500. The number of ether oxygens (including phenoxy) is 2. The summed E-state index contributed by atoms with van der Waals surface area (Å²) < 4.78 is 10.7. The van der Waals surface area contributed by atoms with E-state index in [1.807, 2.05) is 18.2 Å². The summed E-state index contributed by atoms with van der Waals surface area (Å²) in [5, 5.41) is 0. The van der Waals surface area contributed by atoms with Gasteiger partial charge in [0.15, 0.2) is 11.5 Å². The summed E-state index contributed by atoms with van der Waals surface area (Å²) in [6, 6.07) is 5.98. The van der Waals surface area contributed by atoms with Gasteiger partial charge in [0, 0.05) is 6.42 Å². The second-order valence-corrected chi connectivity index (χ2v) is 5.99. The van der Waals surface area contributed by atoms with Crippen molar-refractivity contribution in [1.82, 2.24) is 0 Å². The fourth-order valence-corrected chi connectivity index (χ4v) is 3.83. The van der Waals surface area contributed by atoms with Gasteiger partial charge >= 0.3 is 0 Å². The van der Waals surface area contributed by atoms with Crippen LogP contribution >= 0.6 is 0 Å². The highest BCUT2D eigenvalue weighted by Crippen LogP contribution is 2.49. The smallest absolute Gasteiger partial charge is 0.160 e. The van der Waals surface area contributed by atoms with Gasteiger partial charge in [-0.25, -0.2) is 0 Å². The van der Waals surface area contributed by atoms with Gasteiger partial charge < -0.3 is 9.47 Å². The van der Waals surface area contributed by atoms with Crippen LogP contribution in [0, 0.1) is 5.41 Å². The Morgan fingerprint density at radius 1 is 1.14 bits per heavy atom. The summed E-state index contributed by atoms with van der Waals surface area (Å²) >= 11 is 0. The molecule has 0 amide bonds. The van der Waals surface area contributed by atoms with Gasteiger partial charge in [0.05, 0.1) is 19.6 Å². The van der Waals surface area contributed by atoms with Crippen LogP contribution in [0.1, 0.15) is 37.7 Å². The maximum atomic E-state index is 12.6. The van der Waals surface area contributed by atoms with E-state index in [0.717, 1.165) is 55.6 Å². The zero-order valence-corrected chi connectivity index (χ0v) is 12.8. The molecule has 3 nitrogen and oxygen atoms in total. The molecule has 3 rings (SSSR count). The lowest BCUT2D eigenvalue weighted by atomic mass is 9.67. The van der Waals surface area contributed by atoms with E-state index in [4.69, 9.17) is 9.47 Å². The molecule has 1 aromatic carbocycles. The molecule has 0 aromatic heterocycles. The molecule has 3 heteroatoms. The Morgan fingerprint density at radius 2 is 1.95 bits per heavy atom. The molecule has 1 atom stereocenters. The van der Waals surface area contributed by atoms with Crippen LogP contribution in [0.25, 0.3) is 0 Å². The third-order valence-corrected chi connectivity index (χ3v) is 4.91. The van der Waals surface area contributed by atoms with E-state index in [1.165, 1.54) is 5.57 Å². The van der Waals surface area contributed by atoms with Crippen LogP contribution in [0.3, 0.4) is 0 Å². The Bertz CT molecular complexity index is 588. The van der Waals surface area contributed by atoms with Gasteiger partial charge in [-0.3, -0.25) is 4.79 Å². The van der Waals surface area contributed by atoms with Gasteiger partial charge in [0.1, 0.15) is 5.78 Å². The lowest BCUT2D eigenvalue weighted by Crippen LogP contribution is -2.36. The number of fused-ring (bicyclic) bond motifs is 1. The molecule has 21 heavy (non-hydrogen) atoms. The molecule has 2 aliphatic carbocycles. The monoisotopic (exact) mass is 286 g/mol. The summed E-state index contributed by atoms with van der Waals surface area (Å²) in [5.74, 6) is 1.89. The number of carbonyl (C=O) groups is 1. The Labute approximate surface area is 125 Å². The minimum atomic E-state index is -0.238. The van der Waals surface area contributed by atoms with Crippen molar-refractivity contribution in [3.8, 4) is 11.5 Å². The molecule has 1 saturated carbocycles. The number of hydrogen-bond acceptors (Lipinski definition) is 3. The van der Waals surface area contributed by atoms with E-state index in [1.54, 1.807) is 14.2 Å². The summed E-state index contributed by atoms with van der Waals surface area (Å²) in [5.41, 5.74) is 2.28. The number of ketones is 1. The van der Waals surface area contributed by atoms with Crippen molar-refractivity contribution in [2.75, 3.05) is 14.2 Å². The van der Waals surface area contributed by atoms with Gasteiger partial charge in [-0.15, -0.1) is 0 Å². The minimum Gasteiger partial charge on any atom is -0.493 e. The van der Waals surface area contributed by atoms with Crippen LogP contribution in [0.4, 0.5) is 0 Å². The average Bonchev–Trinajstić information content (AvgIpc) is 2.92. The molecule has 0 N–H and O–H groups in total. The first-order chi connectivity index (χ1) is 10.2. The third-order valence-electron chi connectivity index (χ3n) is 4.91. The van der Waals surface area contributed by atoms with Gasteiger partial charge in [-0.2, -0.15) is 0 Å². The summed E-state index contributed by atoms with van der Waals surface area (Å²) in [6.07, 6.45) is 7.90. The maximum absolute atomic E-state index is 12.6. The molecule has 0 bridgehead atoms. The van der Waals surface area contributed by atoms with E-state index in [-0.39, 0.29) is 5.41 Å². The molecule has 0 radical (unpaired) electrons. The zero-order chi connectivity index (χ0) is 14.9. The molecule has 0 spiro atoms. The molecule has 1 fully saturated rings. The number of Topliss-reactive ketones (excluding diaryl/α,β-unsaturated/α-hetero) is 1. The first-order valence-corrected chi connectivity index (χ1v) is 7.63. The fourth-order valence-electron chi connectivity index (χ4n) is 3.83. The number of carbonyl (C=O) groups excluding carboxylic acids is 1. The standard InChI is InChI=1S/C18H22O3/c1-20-15-9-8-13(11-16(15)21-2)12-18-10-4-6-14(18)5-3-7-17(18)19/h6,8-9,11H,3-5,7,10,12H2,1-2H3. The Balaban J connectivity index is 1.92. The predicted molar refractivity (Wildman–Crippen MR) is 81.9 cm³/mol. The van der Waals surface area contributed by atoms with Crippen LogP contribution in [0.2, 0.25) is 0 Å². The average molecular weight is 286 g/mol. The number of benzene rings is 1. The van der Waals surface area contributed by atoms with Crippen LogP contribution in [0.5, 0.6) is 11.5 Å². The predicted octanol–water partition coefficient (Wildman–Crippen LogP) is 3.71. The van der Waals surface area contributed by atoms with Gasteiger partial charge in [0.2, 0.25) is 0 Å². The quantitative estimate of drug-likeness (QED) is 0.792. The van der Waals surface area contributed by atoms with Crippen molar-refractivity contribution in [3.05, 3.63) is 35.4 Å². The number of rotatable bonds is 4. The highest BCUT2D eigenvalue weighted by Gasteiger charge is 2.45. The summed E-state index contributed by atoms with van der Waals surface area (Å²) in [6.45, 7) is 0. The molecule has 0 heterocycles. The molecule has 0 aliphatic heterocycles. The Hall–Kier alpha value is -1.77. The van der Waals surface area contributed by atoms with Gasteiger partial charge in [-0.05, 0) is 49.8 Å². The van der Waals surface area contributed by atoms with Crippen molar-refractivity contribution in [1.29, 1.82) is 0 Å². The SMILES string of the molecule is COc1ccc(CC23CCC=C2CCCC3=O)cc1OC. The largest absolute Gasteiger partial charge is 0.493 e. The highest BCUT2D eigenvalue weighted by atomic mass is 16.5. The lowest BCUT2D eigenvalue weighted by Gasteiger charge is -2.35. The summed E-state index contributed by atoms with van der Waals surface area (Å²) in [4.78, 5) is 12.6. The highest BCUT2D eigenvalue weighted by molar-refractivity contribution is 5.90. The lowest BCUT2D eigenvalue weighted by molar-refractivity contribution is -0.128. The topological polar surface area (TPSA) is 35.5 Å². The molecule has 112 valence electrons. The van der Waals surface area contributed by atoms with E-state index in [0.29, 0.717) is 5.78 Å². The summed E-state index contributed by atoms with van der Waals surface area (Å²) in [7, 11) is 3.28. The number of allylic oxidation sites excluding steroid dienone is 2. The Morgan fingerprint density at radius 3 is 2.71 bits per heavy atom. The van der Waals surface area contributed by atoms with E-state index < -0.39 is 0 Å². The van der Waals surface area contributed by atoms with Crippen molar-refractivity contribution >= 4 is 5.78 Å². The first-order valence-electron chi connectivity index (χ1n) is 7.63. The number of methoxy groups -OCH3 is 2. The van der Waals surface area contributed by atoms with Crippen molar-refractivity contribution in [3.63, 3.8) is 0 Å². The first kappa shape index (κ1) is 14.2. The maximum Gasteiger partial charge on any atom is 0.160 e. The molecular formula is C18H22O3. The van der Waals surface area contributed by atoms with E-state index in [9.17, 15) is 4.79 Å². The van der Waals surface area contributed by atoms with Gasteiger partial charge in [0.25, 0.3) is 0 Å². The van der Waals surface area contributed by atoms with Crippen LogP contribution < -0.4 is 9.47 Å². The second kappa shape index (κ2) is 5.55. The second-order valence-electron chi connectivity index (χ2n) is 5.99. The molecule has 0 saturated heterocycles. The Kier molecular flexibility index (Phi) is 3.75. The van der Waals surface area contributed by atoms with Crippen molar-refractivity contribution in [2.45, 2.75) is 38.5 Å². The van der Waals surface area contributed by atoms with Crippen LogP contribution in [0.15, 0.2) is 29.8 Å².